The molecule has 0 bridgehead atoms. The number of nitrogens with zero attached hydrogens (tertiary/aromatic N) is 2. The molecule has 0 atom stereocenters. The molecule has 0 saturated carbocycles. The maximum absolute atomic E-state index is 12.8. The fourth-order valence-electron chi connectivity index (χ4n) is 2.51. The normalized spacial score (nSPS) is 11.9. The van der Waals surface area contributed by atoms with Gasteiger partial charge in [0.25, 0.3) is 0 Å². The topological polar surface area (TPSA) is 97.3 Å². The van der Waals surface area contributed by atoms with Gasteiger partial charge in [0.15, 0.2) is 11.6 Å². The lowest BCUT2D eigenvalue weighted by Crippen LogP contribution is -2.26. The summed E-state index contributed by atoms with van der Waals surface area (Å²) in [6.45, 7) is 5.08. The first-order chi connectivity index (χ1) is 13.9. The van der Waals surface area contributed by atoms with E-state index in [9.17, 15) is 23.1 Å². The van der Waals surface area contributed by atoms with Crippen LogP contribution in [0.15, 0.2) is 42.5 Å². The van der Waals surface area contributed by atoms with Gasteiger partial charge in [0.1, 0.15) is 17.1 Å². The van der Waals surface area contributed by atoms with E-state index in [2.05, 4.69) is 15.2 Å². The van der Waals surface area contributed by atoms with Crippen molar-refractivity contribution >= 4 is 6.16 Å². The number of ether oxygens (including phenoxy) is 2. The smallest absolute Gasteiger partial charge is 0.507 e. The predicted molar refractivity (Wildman–Crippen MR) is 101 cm³/mol. The summed E-state index contributed by atoms with van der Waals surface area (Å²) in [6, 6.07) is 8.95. The number of alkyl halides is 3. The highest BCUT2D eigenvalue weighted by molar-refractivity contribution is 5.73. The SMILES string of the molecule is CC(C)(C)OC(=O)Oc1ccccc1-c1n[nH]c(-c2ccc(C(F)(F)F)cc2O)n1. The Morgan fingerprint density at radius 1 is 1.07 bits per heavy atom. The summed E-state index contributed by atoms with van der Waals surface area (Å²) >= 11 is 0. The molecule has 2 N–H and O–H groups in total. The first kappa shape index (κ1) is 21.2. The molecule has 0 aliphatic rings. The van der Waals surface area contributed by atoms with Crippen molar-refractivity contribution < 1.29 is 32.5 Å². The van der Waals surface area contributed by atoms with Crippen LogP contribution in [0, 0.1) is 0 Å². The molecule has 30 heavy (non-hydrogen) atoms. The molecule has 1 aromatic heterocycles. The summed E-state index contributed by atoms with van der Waals surface area (Å²) in [5.41, 5.74) is -1.35. The van der Waals surface area contributed by atoms with Gasteiger partial charge in [-0.05, 0) is 51.1 Å². The Balaban J connectivity index is 1.90. The second-order valence-corrected chi connectivity index (χ2v) is 7.30. The van der Waals surface area contributed by atoms with E-state index in [1.165, 1.54) is 6.07 Å². The molecule has 158 valence electrons. The number of para-hydroxylation sites is 1. The Kier molecular flexibility index (Phi) is 5.43. The number of hydrogen-bond acceptors (Lipinski definition) is 6. The molecule has 0 aliphatic heterocycles. The van der Waals surface area contributed by atoms with E-state index >= 15 is 0 Å². The molecule has 0 fully saturated rings. The standard InChI is InChI=1S/C20H18F3N3O4/c1-19(2,3)30-18(28)29-15-7-5-4-6-13(15)17-24-16(25-26-17)12-9-8-11(10-14(12)27)20(21,22)23/h4-10,27H,1-3H3,(H,24,25,26). The zero-order valence-corrected chi connectivity index (χ0v) is 16.2. The van der Waals surface area contributed by atoms with E-state index < -0.39 is 29.2 Å². The number of carbonyl (C=O) groups is 1. The number of benzene rings is 2. The minimum atomic E-state index is -4.58. The van der Waals surface area contributed by atoms with Crippen LogP contribution in [-0.2, 0) is 10.9 Å². The van der Waals surface area contributed by atoms with Crippen LogP contribution in [0.25, 0.3) is 22.8 Å². The van der Waals surface area contributed by atoms with Gasteiger partial charge in [-0.3, -0.25) is 5.10 Å². The van der Waals surface area contributed by atoms with E-state index in [-0.39, 0.29) is 23.0 Å². The summed E-state index contributed by atoms with van der Waals surface area (Å²) in [5, 5.41) is 16.6. The highest BCUT2D eigenvalue weighted by atomic mass is 19.4. The minimum absolute atomic E-state index is 0.0345. The van der Waals surface area contributed by atoms with Crippen molar-refractivity contribution in [2.24, 2.45) is 0 Å². The lowest BCUT2D eigenvalue weighted by molar-refractivity contribution is -0.137. The number of phenolic OH excluding ortho intramolecular Hbond substituents is 1. The van der Waals surface area contributed by atoms with Crippen LogP contribution >= 0.6 is 0 Å². The van der Waals surface area contributed by atoms with E-state index in [0.29, 0.717) is 11.6 Å². The van der Waals surface area contributed by atoms with Gasteiger partial charge in [0.05, 0.1) is 16.7 Å². The third-order valence-electron chi connectivity index (χ3n) is 3.78. The van der Waals surface area contributed by atoms with E-state index in [1.807, 2.05) is 0 Å². The van der Waals surface area contributed by atoms with Gasteiger partial charge < -0.3 is 14.6 Å². The average molecular weight is 421 g/mol. The Morgan fingerprint density at radius 2 is 1.77 bits per heavy atom. The number of nitrogens with one attached hydrogen (secondary N) is 1. The Bertz CT molecular complexity index is 1070. The third-order valence-corrected chi connectivity index (χ3v) is 3.78. The quantitative estimate of drug-likeness (QED) is 0.447. The molecule has 3 aromatic rings. The lowest BCUT2D eigenvalue weighted by Gasteiger charge is -2.19. The number of aromatic hydroxyl groups is 1. The molecule has 0 radical (unpaired) electrons. The monoisotopic (exact) mass is 421 g/mol. The highest BCUT2D eigenvalue weighted by Gasteiger charge is 2.31. The van der Waals surface area contributed by atoms with Crippen LogP contribution in [0.2, 0.25) is 0 Å². The number of phenols is 1. The maximum Gasteiger partial charge on any atom is 0.514 e. The van der Waals surface area contributed by atoms with Crippen molar-refractivity contribution in [3.8, 4) is 34.3 Å². The number of hydrogen-bond donors (Lipinski definition) is 2. The first-order valence-electron chi connectivity index (χ1n) is 8.77. The van der Waals surface area contributed by atoms with Gasteiger partial charge in [-0.25, -0.2) is 9.78 Å². The van der Waals surface area contributed by atoms with E-state index in [1.54, 1.807) is 39.0 Å². The molecular formula is C20H18F3N3O4. The number of aromatic nitrogens is 3. The summed E-state index contributed by atoms with van der Waals surface area (Å²) in [5.74, 6) is -0.313. The zero-order chi connectivity index (χ0) is 22.1. The maximum atomic E-state index is 12.8. The summed E-state index contributed by atoms with van der Waals surface area (Å²) in [4.78, 5) is 16.2. The fraction of sp³-hybridized carbons (Fsp3) is 0.250. The van der Waals surface area contributed by atoms with Crippen LogP contribution in [0.5, 0.6) is 11.5 Å². The van der Waals surface area contributed by atoms with Gasteiger partial charge in [0.2, 0.25) is 0 Å². The zero-order valence-electron chi connectivity index (χ0n) is 16.2. The molecule has 0 spiro atoms. The molecule has 0 aliphatic carbocycles. The van der Waals surface area contributed by atoms with Crippen molar-refractivity contribution in [2.45, 2.75) is 32.5 Å². The molecule has 0 saturated heterocycles. The number of halogens is 3. The number of H-pyrrole nitrogens is 1. The average Bonchev–Trinajstić information content (AvgIpc) is 3.09. The summed E-state index contributed by atoms with van der Waals surface area (Å²) in [7, 11) is 0. The number of carbonyl (C=O) groups excluding carboxylic acids is 1. The highest BCUT2D eigenvalue weighted by Crippen LogP contribution is 2.36. The predicted octanol–water partition coefficient (Wildman–Crippen LogP) is 5.18. The molecule has 0 amide bonds. The van der Waals surface area contributed by atoms with Gasteiger partial charge in [-0.1, -0.05) is 12.1 Å². The van der Waals surface area contributed by atoms with E-state index in [4.69, 9.17) is 9.47 Å². The van der Waals surface area contributed by atoms with Gasteiger partial charge >= 0.3 is 12.3 Å². The summed E-state index contributed by atoms with van der Waals surface area (Å²) < 4.78 is 48.7. The molecule has 1 heterocycles. The molecule has 0 unspecified atom stereocenters. The third kappa shape index (κ3) is 4.88. The van der Waals surface area contributed by atoms with Crippen molar-refractivity contribution in [3.63, 3.8) is 0 Å². The van der Waals surface area contributed by atoms with Gasteiger partial charge in [-0.15, -0.1) is 0 Å². The van der Waals surface area contributed by atoms with Crippen LogP contribution in [-0.4, -0.2) is 32.0 Å². The molecule has 3 rings (SSSR count). The van der Waals surface area contributed by atoms with Crippen molar-refractivity contribution in [2.75, 3.05) is 0 Å². The molecule has 2 aromatic carbocycles. The van der Waals surface area contributed by atoms with Gasteiger partial charge in [0, 0.05) is 0 Å². The van der Waals surface area contributed by atoms with Crippen LogP contribution in [0.3, 0.4) is 0 Å². The fourth-order valence-corrected chi connectivity index (χ4v) is 2.51. The second-order valence-electron chi connectivity index (χ2n) is 7.30. The van der Waals surface area contributed by atoms with Crippen LogP contribution in [0.1, 0.15) is 26.3 Å². The van der Waals surface area contributed by atoms with Crippen molar-refractivity contribution in [1.29, 1.82) is 0 Å². The van der Waals surface area contributed by atoms with Crippen molar-refractivity contribution in [1.82, 2.24) is 15.2 Å². The Hall–Kier alpha value is -3.56. The van der Waals surface area contributed by atoms with Crippen LogP contribution in [0.4, 0.5) is 18.0 Å². The van der Waals surface area contributed by atoms with Crippen molar-refractivity contribution in [3.05, 3.63) is 48.0 Å². The number of aromatic amines is 1. The minimum Gasteiger partial charge on any atom is -0.507 e. The second kappa shape index (κ2) is 7.69. The summed E-state index contributed by atoms with van der Waals surface area (Å²) in [6.07, 6.45) is -5.49. The van der Waals surface area contributed by atoms with Crippen LogP contribution < -0.4 is 4.74 Å². The molecule has 10 heteroatoms. The van der Waals surface area contributed by atoms with Gasteiger partial charge in [-0.2, -0.15) is 18.3 Å². The number of rotatable bonds is 3. The largest absolute Gasteiger partial charge is 0.514 e. The lowest BCUT2D eigenvalue weighted by atomic mass is 10.1. The van der Waals surface area contributed by atoms with E-state index in [0.717, 1.165) is 12.1 Å². The molecule has 7 nitrogen and oxygen atoms in total. The molecular weight excluding hydrogens is 403 g/mol. The first-order valence-corrected chi connectivity index (χ1v) is 8.77. The Morgan fingerprint density at radius 3 is 2.40 bits per heavy atom. The Labute approximate surface area is 169 Å².